The lowest BCUT2D eigenvalue weighted by Gasteiger charge is -2.15. The SMILES string of the molecule is COc1cc(N=Nc2ccc(S(=O)(=O)O)cc2)c(C)cc1NC(=O)Nc1cc(C)c(N=Nc2ccc(S(=O)(=O)O)cc2)cc1OC. The molecule has 0 unspecified atom stereocenters. The van der Waals surface area contributed by atoms with Crippen molar-refractivity contribution in [2.24, 2.45) is 20.5 Å². The van der Waals surface area contributed by atoms with E-state index in [1.807, 2.05) is 0 Å². The minimum absolute atomic E-state index is 0.267. The Morgan fingerprint density at radius 2 is 0.957 bits per heavy atom. The highest BCUT2D eigenvalue weighted by Gasteiger charge is 2.15. The molecule has 0 saturated carbocycles. The summed E-state index contributed by atoms with van der Waals surface area (Å²) in [6, 6.07) is 16.2. The van der Waals surface area contributed by atoms with E-state index >= 15 is 0 Å². The third-order valence-corrected chi connectivity index (χ3v) is 8.08. The lowest BCUT2D eigenvalue weighted by molar-refractivity contribution is 0.262. The van der Waals surface area contributed by atoms with Crippen molar-refractivity contribution in [3.05, 3.63) is 83.9 Å². The minimum Gasteiger partial charge on any atom is -0.494 e. The molecule has 0 fully saturated rings. The van der Waals surface area contributed by atoms with E-state index in [1.54, 1.807) is 38.1 Å². The Morgan fingerprint density at radius 3 is 1.26 bits per heavy atom. The van der Waals surface area contributed by atoms with Crippen LogP contribution in [-0.4, -0.2) is 46.2 Å². The van der Waals surface area contributed by atoms with E-state index in [9.17, 15) is 21.6 Å². The summed E-state index contributed by atoms with van der Waals surface area (Å²) in [5, 5.41) is 22.0. The number of carbonyl (C=O) groups excluding carboxylic acids is 1. The van der Waals surface area contributed by atoms with Crippen molar-refractivity contribution >= 4 is 60.4 Å². The molecule has 0 bridgehead atoms. The van der Waals surface area contributed by atoms with Gasteiger partial charge in [0.25, 0.3) is 20.2 Å². The van der Waals surface area contributed by atoms with Gasteiger partial charge in [-0.1, -0.05) is 0 Å². The minimum atomic E-state index is -4.33. The highest BCUT2D eigenvalue weighted by atomic mass is 32.2. The maximum absolute atomic E-state index is 13.0. The van der Waals surface area contributed by atoms with Gasteiger partial charge in [-0.3, -0.25) is 9.11 Å². The summed E-state index contributed by atoms with van der Waals surface area (Å²) >= 11 is 0. The van der Waals surface area contributed by atoms with Gasteiger partial charge in [0.1, 0.15) is 11.5 Å². The topological polar surface area (TPSA) is 218 Å². The van der Waals surface area contributed by atoms with Gasteiger partial charge in [-0.15, -0.1) is 0 Å². The Kier molecular flexibility index (Phi) is 10.1. The van der Waals surface area contributed by atoms with E-state index in [-0.39, 0.29) is 9.79 Å². The Morgan fingerprint density at radius 1 is 0.609 bits per heavy atom. The molecule has 0 heterocycles. The number of urea groups is 1. The molecule has 4 N–H and O–H groups in total. The third kappa shape index (κ3) is 8.48. The first kappa shape index (κ1) is 33.7. The van der Waals surface area contributed by atoms with Gasteiger partial charge in [-0.2, -0.15) is 37.3 Å². The molecule has 4 aromatic rings. The molecule has 240 valence electrons. The number of azo groups is 2. The Hall–Kier alpha value is -5.23. The van der Waals surface area contributed by atoms with Crippen LogP contribution in [0.2, 0.25) is 0 Å². The number of benzene rings is 4. The number of methoxy groups -OCH3 is 2. The Bertz CT molecular complexity index is 1900. The number of hydrogen-bond acceptors (Lipinski definition) is 11. The molecule has 17 heteroatoms. The molecule has 0 aliphatic carbocycles. The lowest BCUT2D eigenvalue weighted by atomic mass is 10.1. The standard InChI is InChI=1S/C29H28N6O9S2/c1-17-13-25(27(43-3)15-23(17)34-32-19-5-9-21(10-6-19)45(37,38)39)30-29(36)31-26-14-18(2)24(16-28(26)44-4)35-33-20-7-11-22(12-8-20)46(40,41)42/h5-16H,1-4H3,(H2,30,31,36)(H,37,38,39)(H,40,41,42). The molecule has 0 spiro atoms. The highest BCUT2D eigenvalue weighted by Crippen LogP contribution is 2.36. The molecule has 0 radical (unpaired) electrons. The molecular weight excluding hydrogens is 640 g/mol. The van der Waals surface area contributed by atoms with Gasteiger partial charge in [-0.25, -0.2) is 4.79 Å². The fourth-order valence-electron chi connectivity index (χ4n) is 3.97. The maximum atomic E-state index is 13.0. The van der Waals surface area contributed by atoms with Crippen LogP contribution in [0.1, 0.15) is 11.1 Å². The van der Waals surface area contributed by atoms with Gasteiger partial charge in [0, 0.05) is 12.1 Å². The normalized spacial score (nSPS) is 12.0. The van der Waals surface area contributed by atoms with E-state index in [4.69, 9.17) is 18.6 Å². The molecule has 46 heavy (non-hydrogen) atoms. The van der Waals surface area contributed by atoms with E-state index in [0.717, 1.165) is 0 Å². The first-order valence-electron chi connectivity index (χ1n) is 13.1. The first-order valence-corrected chi connectivity index (χ1v) is 16.0. The van der Waals surface area contributed by atoms with Crippen molar-refractivity contribution in [2.75, 3.05) is 24.9 Å². The fraction of sp³-hybridized carbons (Fsp3) is 0.138. The lowest BCUT2D eigenvalue weighted by Crippen LogP contribution is -2.20. The van der Waals surface area contributed by atoms with Gasteiger partial charge < -0.3 is 20.1 Å². The molecule has 15 nitrogen and oxygen atoms in total. The van der Waals surface area contributed by atoms with E-state index in [2.05, 4.69) is 31.1 Å². The van der Waals surface area contributed by atoms with Crippen LogP contribution < -0.4 is 20.1 Å². The van der Waals surface area contributed by atoms with Gasteiger partial charge in [0.2, 0.25) is 0 Å². The van der Waals surface area contributed by atoms with Crippen molar-refractivity contribution in [3.8, 4) is 11.5 Å². The number of hydrogen-bond donors (Lipinski definition) is 4. The van der Waals surface area contributed by atoms with Crippen LogP contribution in [0.15, 0.2) is 103 Å². The second kappa shape index (κ2) is 13.8. The number of anilines is 2. The van der Waals surface area contributed by atoms with Crippen molar-refractivity contribution in [2.45, 2.75) is 23.6 Å². The smallest absolute Gasteiger partial charge is 0.323 e. The van der Waals surface area contributed by atoms with Gasteiger partial charge in [-0.05, 0) is 85.6 Å². The summed E-state index contributed by atoms with van der Waals surface area (Å²) in [5.74, 6) is 0.583. The quantitative estimate of drug-likeness (QED) is 0.0983. The Balaban J connectivity index is 1.48. The largest absolute Gasteiger partial charge is 0.494 e. The van der Waals surface area contributed by atoms with Crippen LogP contribution in [0.25, 0.3) is 0 Å². The van der Waals surface area contributed by atoms with Crippen LogP contribution in [0.3, 0.4) is 0 Å². The molecule has 0 saturated heterocycles. The van der Waals surface area contributed by atoms with E-state index in [0.29, 0.717) is 56.8 Å². The number of nitrogens with zero attached hydrogens (tertiary/aromatic N) is 4. The van der Waals surface area contributed by atoms with Crippen LogP contribution in [0.5, 0.6) is 11.5 Å². The zero-order valence-electron chi connectivity index (χ0n) is 24.8. The average Bonchev–Trinajstić information content (AvgIpc) is 3.00. The molecule has 4 rings (SSSR count). The van der Waals surface area contributed by atoms with Crippen LogP contribution in [0, 0.1) is 13.8 Å². The zero-order chi connectivity index (χ0) is 33.6. The molecule has 0 aliphatic rings. The second-order valence-electron chi connectivity index (χ2n) is 9.60. The number of ether oxygens (including phenoxy) is 2. The van der Waals surface area contributed by atoms with E-state index < -0.39 is 26.3 Å². The second-order valence-corrected chi connectivity index (χ2v) is 12.4. The zero-order valence-corrected chi connectivity index (χ0v) is 26.4. The number of carbonyl (C=O) groups is 1. The first-order chi connectivity index (χ1) is 21.7. The monoisotopic (exact) mass is 668 g/mol. The van der Waals surface area contributed by atoms with Crippen LogP contribution in [0.4, 0.5) is 38.9 Å². The molecule has 0 aromatic heterocycles. The summed E-state index contributed by atoms with van der Waals surface area (Å²) in [7, 11) is -5.81. The summed E-state index contributed by atoms with van der Waals surface area (Å²) in [6.07, 6.45) is 0. The van der Waals surface area contributed by atoms with Crippen molar-refractivity contribution in [3.63, 3.8) is 0 Å². The van der Waals surface area contributed by atoms with Gasteiger partial charge in [0.05, 0.1) is 58.1 Å². The summed E-state index contributed by atoms with van der Waals surface area (Å²) in [6.45, 7) is 3.50. The summed E-state index contributed by atoms with van der Waals surface area (Å²) < 4.78 is 74.0. The molecule has 0 atom stereocenters. The van der Waals surface area contributed by atoms with E-state index in [1.165, 1.54) is 62.8 Å². The average molecular weight is 669 g/mol. The summed E-state index contributed by atoms with van der Waals surface area (Å²) in [4.78, 5) is 12.5. The number of amides is 2. The number of rotatable bonds is 10. The van der Waals surface area contributed by atoms with Crippen molar-refractivity contribution in [1.82, 2.24) is 0 Å². The molecule has 0 aliphatic heterocycles. The predicted octanol–water partition coefficient (Wildman–Crippen LogP) is 7.29. The molecule has 2 amide bonds. The Labute approximate surface area is 264 Å². The maximum Gasteiger partial charge on any atom is 0.323 e. The molecule has 4 aromatic carbocycles. The van der Waals surface area contributed by atoms with Crippen molar-refractivity contribution < 1.29 is 40.2 Å². The van der Waals surface area contributed by atoms with Gasteiger partial charge >= 0.3 is 6.03 Å². The number of nitrogens with one attached hydrogen (secondary N) is 2. The number of aryl methyl sites for hydroxylation is 2. The predicted molar refractivity (Wildman–Crippen MR) is 169 cm³/mol. The summed E-state index contributed by atoms with van der Waals surface area (Å²) in [5.41, 5.74) is 3.52. The van der Waals surface area contributed by atoms with Gasteiger partial charge in [0.15, 0.2) is 0 Å². The molecular formula is C29H28N6O9S2. The van der Waals surface area contributed by atoms with Crippen LogP contribution in [-0.2, 0) is 20.2 Å². The third-order valence-electron chi connectivity index (χ3n) is 6.35. The van der Waals surface area contributed by atoms with Crippen LogP contribution >= 0.6 is 0 Å². The van der Waals surface area contributed by atoms with Crippen molar-refractivity contribution in [1.29, 1.82) is 0 Å². The highest BCUT2D eigenvalue weighted by molar-refractivity contribution is 7.86. The fourth-order valence-corrected chi connectivity index (χ4v) is 4.93.